The molecule has 1 aliphatic rings. The van der Waals surface area contributed by atoms with E-state index < -0.39 is 5.60 Å². The summed E-state index contributed by atoms with van der Waals surface area (Å²) in [5.41, 5.74) is -0.432. The van der Waals surface area contributed by atoms with E-state index in [1.165, 1.54) is 0 Å². The van der Waals surface area contributed by atoms with Gasteiger partial charge in [0.05, 0.1) is 0 Å². The van der Waals surface area contributed by atoms with Gasteiger partial charge >= 0.3 is 6.09 Å². The first-order valence-electron chi connectivity index (χ1n) is 5.72. The number of carbonyl (C=O) groups is 2. The van der Waals surface area contributed by atoms with Crippen LogP contribution in [0.2, 0.25) is 0 Å². The Morgan fingerprint density at radius 3 is 2.18 bits per heavy atom. The van der Waals surface area contributed by atoms with Crippen LogP contribution in [0.1, 0.15) is 47.5 Å². The molecule has 5 heteroatoms. The molecule has 100 valence electrons. The van der Waals surface area contributed by atoms with Gasteiger partial charge in [-0.1, -0.05) is 0 Å². The van der Waals surface area contributed by atoms with Crippen molar-refractivity contribution in [1.29, 1.82) is 0 Å². The van der Waals surface area contributed by atoms with Crippen molar-refractivity contribution in [3.63, 3.8) is 0 Å². The standard InChI is InChI=1S/C11H21NO2.CH2O2/c1-10(2,3)14-9(13)12-8-6-7-11(12,4)5;2-1-3/h6-8H2,1-5H3;1H,(H,2,3). The van der Waals surface area contributed by atoms with Crippen molar-refractivity contribution < 1.29 is 19.4 Å². The number of amides is 1. The zero-order chi connectivity index (χ0) is 13.7. The molecule has 1 N–H and O–H groups in total. The van der Waals surface area contributed by atoms with Gasteiger partial charge in [0.2, 0.25) is 0 Å². The second kappa shape index (κ2) is 5.89. The summed E-state index contributed by atoms with van der Waals surface area (Å²) in [6.07, 6.45) is 1.96. The third-order valence-corrected chi connectivity index (χ3v) is 2.51. The van der Waals surface area contributed by atoms with Gasteiger partial charge in [0.25, 0.3) is 6.47 Å². The van der Waals surface area contributed by atoms with Crippen molar-refractivity contribution in [3.8, 4) is 0 Å². The third-order valence-electron chi connectivity index (χ3n) is 2.51. The minimum absolute atomic E-state index is 0.0394. The normalized spacial score (nSPS) is 18.1. The zero-order valence-corrected chi connectivity index (χ0v) is 11.3. The van der Waals surface area contributed by atoms with Crippen molar-refractivity contribution in [2.24, 2.45) is 0 Å². The van der Waals surface area contributed by atoms with Gasteiger partial charge in [-0.15, -0.1) is 0 Å². The Morgan fingerprint density at radius 2 is 1.88 bits per heavy atom. The molecule has 1 saturated heterocycles. The molecule has 1 amide bonds. The first kappa shape index (κ1) is 15.7. The van der Waals surface area contributed by atoms with Crippen molar-refractivity contribution in [3.05, 3.63) is 0 Å². The predicted octanol–water partition coefficient (Wildman–Crippen LogP) is 2.50. The van der Waals surface area contributed by atoms with Crippen molar-refractivity contribution in [1.82, 2.24) is 4.90 Å². The number of likely N-dealkylation sites (tertiary alicyclic amines) is 1. The van der Waals surface area contributed by atoms with E-state index in [2.05, 4.69) is 13.8 Å². The molecule has 5 nitrogen and oxygen atoms in total. The van der Waals surface area contributed by atoms with E-state index in [0.29, 0.717) is 0 Å². The summed E-state index contributed by atoms with van der Waals surface area (Å²) in [6.45, 7) is 10.4. The summed E-state index contributed by atoms with van der Waals surface area (Å²) in [5.74, 6) is 0. The smallest absolute Gasteiger partial charge is 0.410 e. The van der Waals surface area contributed by atoms with Crippen molar-refractivity contribution in [2.45, 2.75) is 58.6 Å². The van der Waals surface area contributed by atoms with Crippen LogP contribution in [-0.4, -0.2) is 40.3 Å². The maximum atomic E-state index is 11.8. The molecule has 0 aromatic rings. The summed E-state index contributed by atoms with van der Waals surface area (Å²) in [5, 5.41) is 6.89. The Kier molecular flexibility index (Phi) is 5.45. The van der Waals surface area contributed by atoms with Crippen LogP contribution in [0.5, 0.6) is 0 Å². The zero-order valence-electron chi connectivity index (χ0n) is 11.3. The van der Waals surface area contributed by atoms with E-state index >= 15 is 0 Å². The molecule has 0 spiro atoms. The molecule has 0 bridgehead atoms. The first-order chi connectivity index (χ1) is 7.64. The number of rotatable bonds is 0. The summed E-state index contributed by atoms with van der Waals surface area (Å²) < 4.78 is 5.34. The minimum Gasteiger partial charge on any atom is -0.483 e. The number of hydrogen-bond donors (Lipinski definition) is 1. The average Bonchev–Trinajstić information content (AvgIpc) is 2.43. The summed E-state index contributed by atoms with van der Waals surface area (Å²) in [6, 6.07) is 0. The van der Waals surface area contributed by atoms with Crippen LogP contribution in [0.25, 0.3) is 0 Å². The Morgan fingerprint density at radius 1 is 1.41 bits per heavy atom. The van der Waals surface area contributed by atoms with Crippen LogP contribution >= 0.6 is 0 Å². The summed E-state index contributed by atoms with van der Waals surface area (Å²) in [7, 11) is 0. The number of hydrogen-bond acceptors (Lipinski definition) is 3. The van der Waals surface area contributed by atoms with Crippen LogP contribution in [0.3, 0.4) is 0 Å². The van der Waals surface area contributed by atoms with Crippen LogP contribution in [0.4, 0.5) is 4.79 Å². The second-order valence-corrected chi connectivity index (χ2v) is 5.65. The maximum absolute atomic E-state index is 11.8. The molecular weight excluding hydrogens is 222 g/mol. The van der Waals surface area contributed by atoms with E-state index in [4.69, 9.17) is 14.6 Å². The van der Waals surface area contributed by atoms with Gasteiger partial charge in [-0.2, -0.15) is 0 Å². The second-order valence-electron chi connectivity index (χ2n) is 5.65. The molecule has 0 atom stereocenters. The Hall–Kier alpha value is -1.26. The third kappa shape index (κ3) is 5.56. The van der Waals surface area contributed by atoms with Crippen LogP contribution in [-0.2, 0) is 9.53 Å². The van der Waals surface area contributed by atoms with Crippen LogP contribution in [0, 0.1) is 0 Å². The Bertz CT molecular complexity index is 268. The highest BCUT2D eigenvalue weighted by atomic mass is 16.6. The molecule has 1 rings (SSSR count). The topological polar surface area (TPSA) is 66.8 Å². The van der Waals surface area contributed by atoms with E-state index in [9.17, 15) is 4.79 Å². The fourth-order valence-corrected chi connectivity index (χ4v) is 1.76. The number of carbonyl (C=O) groups excluding carboxylic acids is 1. The quantitative estimate of drug-likeness (QED) is 0.666. The van der Waals surface area contributed by atoms with Gasteiger partial charge < -0.3 is 14.7 Å². The number of ether oxygens (including phenoxy) is 1. The number of nitrogens with zero attached hydrogens (tertiary/aromatic N) is 1. The van der Waals surface area contributed by atoms with E-state index in [1.54, 1.807) is 0 Å². The van der Waals surface area contributed by atoms with Gasteiger partial charge in [0.1, 0.15) is 5.60 Å². The van der Waals surface area contributed by atoms with E-state index in [0.717, 1.165) is 19.4 Å². The highest BCUT2D eigenvalue weighted by Crippen LogP contribution is 2.29. The molecule has 17 heavy (non-hydrogen) atoms. The summed E-state index contributed by atoms with van der Waals surface area (Å²) >= 11 is 0. The fraction of sp³-hybridized carbons (Fsp3) is 0.833. The van der Waals surface area contributed by atoms with Gasteiger partial charge in [-0.3, -0.25) is 4.79 Å². The largest absolute Gasteiger partial charge is 0.483 e. The summed E-state index contributed by atoms with van der Waals surface area (Å²) in [4.78, 5) is 22.0. The fourth-order valence-electron chi connectivity index (χ4n) is 1.76. The lowest BCUT2D eigenvalue weighted by Gasteiger charge is -2.33. The molecule has 1 aliphatic heterocycles. The monoisotopic (exact) mass is 245 g/mol. The first-order valence-corrected chi connectivity index (χ1v) is 5.72. The van der Waals surface area contributed by atoms with Gasteiger partial charge in [-0.25, -0.2) is 4.79 Å². The maximum Gasteiger partial charge on any atom is 0.410 e. The predicted molar refractivity (Wildman–Crippen MR) is 64.9 cm³/mol. The SMILES string of the molecule is CC(C)(C)OC(=O)N1CCCC1(C)C.O=CO. The van der Waals surface area contributed by atoms with Gasteiger partial charge in [-0.05, 0) is 47.5 Å². The van der Waals surface area contributed by atoms with Crippen molar-refractivity contribution in [2.75, 3.05) is 6.54 Å². The Labute approximate surface area is 103 Å². The molecule has 1 heterocycles. The van der Waals surface area contributed by atoms with Crippen LogP contribution < -0.4 is 0 Å². The lowest BCUT2D eigenvalue weighted by molar-refractivity contribution is -0.122. The Balaban J connectivity index is 0.000000770. The molecule has 0 aromatic carbocycles. The molecule has 0 aromatic heterocycles. The molecule has 0 saturated carbocycles. The number of carboxylic acid groups (broad SMARTS) is 1. The average molecular weight is 245 g/mol. The van der Waals surface area contributed by atoms with Gasteiger partial charge in [0, 0.05) is 12.1 Å². The molecular formula is C12H23NO4. The highest BCUT2D eigenvalue weighted by molar-refractivity contribution is 5.69. The molecule has 1 fully saturated rings. The van der Waals surface area contributed by atoms with Crippen molar-refractivity contribution >= 4 is 12.6 Å². The van der Waals surface area contributed by atoms with Gasteiger partial charge in [0.15, 0.2) is 0 Å². The van der Waals surface area contributed by atoms with E-state index in [-0.39, 0.29) is 18.1 Å². The minimum atomic E-state index is -0.393. The lowest BCUT2D eigenvalue weighted by atomic mass is 10.0. The lowest BCUT2D eigenvalue weighted by Crippen LogP contribution is -2.45. The highest BCUT2D eigenvalue weighted by Gasteiger charge is 2.37. The molecule has 0 unspecified atom stereocenters. The van der Waals surface area contributed by atoms with Crippen LogP contribution in [0.15, 0.2) is 0 Å². The molecule has 0 radical (unpaired) electrons. The molecule has 0 aliphatic carbocycles. The van der Waals surface area contributed by atoms with E-state index in [1.807, 2.05) is 25.7 Å².